The minimum absolute atomic E-state index is 0.659. The van der Waals surface area contributed by atoms with E-state index in [0.717, 1.165) is 18.3 Å². The second kappa shape index (κ2) is 7.34. The number of ether oxygens (including phenoxy) is 1. The van der Waals surface area contributed by atoms with Gasteiger partial charge in [0.25, 0.3) is 0 Å². The van der Waals surface area contributed by atoms with Crippen LogP contribution in [0.5, 0.6) is 5.88 Å². The highest BCUT2D eigenvalue weighted by Crippen LogP contribution is 2.19. The van der Waals surface area contributed by atoms with E-state index in [1.807, 2.05) is 25.1 Å². The van der Waals surface area contributed by atoms with Gasteiger partial charge in [-0.1, -0.05) is 6.07 Å². The van der Waals surface area contributed by atoms with Crippen molar-refractivity contribution < 1.29 is 4.74 Å². The second-order valence-electron chi connectivity index (χ2n) is 5.26. The molecule has 0 saturated carbocycles. The fourth-order valence-corrected chi connectivity index (χ4v) is 2.50. The number of nitrogens with zero attached hydrogens (tertiary/aromatic N) is 2. The average molecular weight is 263 g/mol. The van der Waals surface area contributed by atoms with Gasteiger partial charge in [-0.3, -0.25) is 0 Å². The highest BCUT2D eigenvalue weighted by molar-refractivity contribution is 5.36. The molecule has 1 N–H and O–H groups in total. The van der Waals surface area contributed by atoms with Gasteiger partial charge in [-0.2, -0.15) is 4.98 Å². The first-order chi connectivity index (χ1) is 9.28. The number of aromatic nitrogens is 1. The summed E-state index contributed by atoms with van der Waals surface area (Å²) in [4.78, 5) is 6.83. The summed E-state index contributed by atoms with van der Waals surface area (Å²) in [7, 11) is 2.21. The van der Waals surface area contributed by atoms with Crippen LogP contribution in [0.25, 0.3) is 0 Å². The molecule has 4 heteroatoms. The van der Waals surface area contributed by atoms with Gasteiger partial charge in [0, 0.05) is 12.6 Å². The standard InChI is InChI=1S/C15H25N3O/c1-3-19-15-6-4-5-14(17-15)16-10-7-13-8-11-18(2)12-9-13/h4-6,13H,3,7-12H2,1-2H3,(H,16,17). The quantitative estimate of drug-likeness (QED) is 0.856. The largest absolute Gasteiger partial charge is 0.478 e. The summed E-state index contributed by atoms with van der Waals surface area (Å²) in [6.07, 6.45) is 3.88. The molecule has 4 nitrogen and oxygen atoms in total. The van der Waals surface area contributed by atoms with Gasteiger partial charge in [0.2, 0.25) is 5.88 Å². The molecule has 1 saturated heterocycles. The van der Waals surface area contributed by atoms with Gasteiger partial charge in [-0.25, -0.2) is 0 Å². The van der Waals surface area contributed by atoms with Crippen molar-refractivity contribution in [1.29, 1.82) is 0 Å². The lowest BCUT2D eigenvalue weighted by molar-refractivity contribution is 0.215. The van der Waals surface area contributed by atoms with E-state index in [1.54, 1.807) is 0 Å². The molecule has 0 atom stereocenters. The molecule has 19 heavy (non-hydrogen) atoms. The normalized spacial score (nSPS) is 17.4. The number of rotatable bonds is 6. The van der Waals surface area contributed by atoms with Gasteiger partial charge in [0.05, 0.1) is 6.61 Å². The molecule has 0 aliphatic carbocycles. The summed E-state index contributed by atoms with van der Waals surface area (Å²) in [5, 5.41) is 3.40. The fourth-order valence-electron chi connectivity index (χ4n) is 2.50. The number of likely N-dealkylation sites (tertiary alicyclic amines) is 1. The molecule has 106 valence electrons. The maximum Gasteiger partial charge on any atom is 0.215 e. The maximum absolute atomic E-state index is 5.40. The monoisotopic (exact) mass is 263 g/mol. The SMILES string of the molecule is CCOc1cccc(NCCC2CCN(C)CC2)n1. The molecule has 1 aromatic heterocycles. The molecule has 0 unspecified atom stereocenters. The predicted octanol–water partition coefficient (Wildman–Crippen LogP) is 2.62. The zero-order chi connectivity index (χ0) is 13.5. The summed E-state index contributed by atoms with van der Waals surface area (Å²) in [5.74, 6) is 2.48. The minimum atomic E-state index is 0.659. The van der Waals surface area contributed by atoms with Crippen LogP contribution in [0.1, 0.15) is 26.2 Å². The molecule has 1 aliphatic rings. The molecule has 2 rings (SSSR count). The third kappa shape index (κ3) is 4.71. The van der Waals surface area contributed by atoms with E-state index in [0.29, 0.717) is 12.5 Å². The Morgan fingerprint density at radius 1 is 1.37 bits per heavy atom. The van der Waals surface area contributed by atoms with Crippen molar-refractivity contribution in [3.8, 4) is 5.88 Å². The topological polar surface area (TPSA) is 37.4 Å². The summed E-state index contributed by atoms with van der Waals surface area (Å²) in [5.41, 5.74) is 0. The van der Waals surface area contributed by atoms with Gasteiger partial charge in [-0.05, 0) is 58.3 Å². The first-order valence-corrected chi connectivity index (χ1v) is 7.30. The fraction of sp³-hybridized carbons (Fsp3) is 0.667. The molecule has 1 aromatic rings. The van der Waals surface area contributed by atoms with Crippen LogP contribution in [-0.4, -0.2) is 43.2 Å². The number of hydrogen-bond donors (Lipinski definition) is 1. The van der Waals surface area contributed by atoms with Gasteiger partial charge < -0.3 is 15.0 Å². The van der Waals surface area contributed by atoms with Crippen LogP contribution in [-0.2, 0) is 0 Å². The Kier molecular flexibility index (Phi) is 5.45. The van der Waals surface area contributed by atoms with Crippen molar-refractivity contribution in [2.75, 3.05) is 38.6 Å². The van der Waals surface area contributed by atoms with Crippen molar-refractivity contribution in [2.24, 2.45) is 5.92 Å². The van der Waals surface area contributed by atoms with Gasteiger partial charge in [-0.15, -0.1) is 0 Å². The van der Waals surface area contributed by atoms with Crippen molar-refractivity contribution in [3.63, 3.8) is 0 Å². The minimum Gasteiger partial charge on any atom is -0.478 e. The Morgan fingerprint density at radius 3 is 2.89 bits per heavy atom. The predicted molar refractivity (Wildman–Crippen MR) is 78.7 cm³/mol. The van der Waals surface area contributed by atoms with Crippen LogP contribution in [0.2, 0.25) is 0 Å². The summed E-state index contributed by atoms with van der Waals surface area (Å²) < 4.78 is 5.40. The molecule has 0 radical (unpaired) electrons. The van der Waals surface area contributed by atoms with Crippen LogP contribution < -0.4 is 10.1 Å². The van der Waals surface area contributed by atoms with Gasteiger partial charge in [0.15, 0.2) is 0 Å². The van der Waals surface area contributed by atoms with Gasteiger partial charge >= 0.3 is 0 Å². The zero-order valence-corrected chi connectivity index (χ0v) is 12.1. The summed E-state index contributed by atoms with van der Waals surface area (Å²) >= 11 is 0. The van der Waals surface area contributed by atoms with E-state index >= 15 is 0 Å². The highest BCUT2D eigenvalue weighted by atomic mass is 16.5. The number of piperidine rings is 1. The smallest absolute Gasteiger partial charge is 0.215 e. The summed E-state index contributed by atoms with van der Waals surface area (Å²) in [6.45, 7) is 6.11. The summed E-state index contributed by atoms with van der Waals surface area (Å²) in [6, 6.07) is 5.87. The molecule has 0 amide bonds. The Labute approximate surface area is 116 Å². The van der Waals surface area contributed by atoms with Gasteiger partial charge in [0.1, 0.15) is 5.82 Å². The van der Waals surface area contributed by atoms with E-state index in [-0.39, 0.29) is 0 Å². The lowest BCUT2D eigenvalue weighted by Gasteiger charge is -2.28. The third-order valence-electron chi connectivity index (χ3n) is 3.71. The Bertz CT molecular complexity index is 375. The van der Waals surface area contributed by atoms with Crippen LogP contribution in [0.15, 0.2) is 18.2 Å². The molecular formula is C15H25N3O. The third-order valence-corrected chi connectivity index (χ3v) is 3.71. The van der Waals surface area contributed by atoms with Crippen LogP contribution in [0.3, 0.4) is 0 Å². The molecule has 0 aromatic carbocycles. The Morgan fingerprint density at radius 2 is 2.16 bits per heavy atom. The first-order valence-electron chi connectivity index (χ1n) is 7.30. The maximum atomic E-state index is 5.40. The van der Waals surface area contributed by atoms with Crippen molar-refractivity contribution in [1.82, 2.24) is 9.88 Å². The van der Waals surface area contributed by atoms with E-state index in [4.69, 9.17) is 4.74 Å². The molecule has 0 spiro atoms. The van der Waals surface area contributed by atoms with E-state index in [1.165, 1.54) is 32.4 Å². The van der Waals surface area contributed by atoms with Crippen molar-refractivity contribution in [3.05, 3.63) is 18.2 Å². The van der Waals surface area contributed by atoms with E-state index in [2.05, 4.69) is 22.2 Å². The lowest BCUT2D eigenvalue weighted by Crippen LogP contribution is -2.30. The van der Waals surface area contributed by atoms with E-state index in [9.17, 15) is 0 Å². The van der Waals surface area contributed by atoms with E-state index < -0.39 is 0 Å². The molecule has 2 heterocycles. The van der Waals surface area contributed by atoms with Crippen LogP contribution >= 0.6 is 0 Å². The molecule has 1 aliphatic heterocycles. The number of pyridine rings is 1. The second-order valence-corrected chi connectivity index (χ2v) is 5.26. The first kappa shape index (κ1) is 14.1. The average Bonchev–Trinajstić information content (AvgIpc) is 2.42. The number of nitrogens with one attached hydrogen (secondary N) is 1. The van der Waals surface area contributed by atoms with Crippen molar-refractivity contribution in [2.45, 2.75) is 26.2 Å². The number of hydrogen-bond acceptors (Lipinski definition) is 4. The number of anilines is 1. The molecule has 0 bridgehead atoms. The molecule has 1 fully saturated rings. The molecular weight excluding hydrogens is 238 g/mol. The highest BCUT2D eigenvalue weighted by Gasteiger charge is 2.15. The Balaban J connectivity index is 1.71. The lowest BCUT2D eigenvalue weighted by atomic mass is 9.94. The Hall–Kier alpha value is -1.29. The van der Waals surface area contributed by atoms with Crippen molar-refractivity contribution >= 4 is 5.82 Å². The zero-order valence-electron chi connectivity index (χ0n) is 12.1. The van der Waals surface area contributed by atoms with Crippen LogP contribution in [0.4, 0.5) is 5.82 Å². The van der Waals surface area contributed by atoms with Crippen LogP contribution in [0, 0.1) is 5.92 Å².